The fourth-order valence-electron chi connectivity index (χ4n) is 1.65. The molecule has 0 aliphatic carbocycles. The van der Waals surface area contributed by atoms with Crippen molar-refractivity contribution >= 4 is 15.7 Å². The first-order valence-corrected chi connectivity index (χ1v) is 7.01. The van der Waals surface area contributed by atoms with E-state index in [0.717, 1.165) is 22.5 Å². The van der Waals surface area contributed by atoms with E-state index in [0.29, 0.717) is 0 Å². The van der Waals surface area contributed by atoms with Crippen LogP contribution in [0.3, 0.4) is 0 Å². The number of nitrogens with zero attached hydrogens (tertiary/aromatic N) is 4. The highest BCUT2D eigenvalue weighted by atomic mass is 32.2. The van der Waals surface area contributed by atoms with Crippen molar-refractivity contribution in [2.45, 2.75) is 11.4 Å². The second-order valence-corrected chi connectivity index (χ2v) is 6.05. The summed E-state index contributed by atoms with van der Waals surface area (Å²) >= 11 is 0. The highest BCUT2D eigenvalue weighted by molar-refractivity contribution is 7.89. The average molecular weight is 315 g/mol. The number of sulfonamides is 1. The van der Waals surface area contributed by atoms with Crippen molar-refractivity contribution in [2.75, 3.05) is 7.05 Å². The molecule has 0 spiro atoms. The first-order chi connectivity index (χ1) is 9.84. The third-order valence-electron chi connectivity index (χ3n) is 2.66. The Morgan fingerprint density at radius 3 is 2.76 bits per heavy atom. The molecular weight excluding hydrogens is 305 g/mol. The number of hydrogen-bond acceptors (Lipinski definition) is 6. The third kappa shape index (κ3) is 2.87. The maximum atomic E-state index is 13.5. The maximum Gasteiger partial charge on any atom is 0.324 e. The topological polar surface area (TPSA) is 122 Å². The van der Waals surface area contributed by atoms with E-state index in [1.54, 1.807) is 0 Å². The second kappa shape index (κ2) is 5.54. The lowest BCUT2D eigenvalue weighted by molar-refractivity contribution is -0.390. The van der Waals surface area contributed by atoms with E-state index >= 15 is 0 Å². The number of halogens is 1. The van der Waals surface area contributed by atoms with Gasteiger partial charge in [-0.25, -0.2) is 13.4 Å². The first-order valence-electron chi connectivity index (χ1n) is 5.57. The van der Waals surface area contributed by atoms with Gasteiger partial charge in [-0.15, -0.1) is 0 Å². The Morgan fingerprint density at radius 2 is 2.19 bits per heavy atom. The van der Waals surface area contributed by atoms with E-state index in [2.05, 4.69) is 15.2 Å². The molecule has 2 rings (SSSR count). The predicted molar refractivity (Wildman–Crippen MR) is 68.1 cm³/mol. The molecule has 0 amide bonds. The Morgan fingerprint density at radius 1 is 1.48 bits per heavy atom. The van der Waals surface area contributed by atoms with E-state index < -0.39 is 31.3 Å². The molecule has 0 aliphatic heterocycles. The van der Waals surface area contributed by atoms with Crippen LogP contribution >= 0.6 is 0 Å². The molecule has 0 fully saturated rings. The van der Waals surface area contributed by atoms with Crippen LogP contribution in [0.2, 0.25) is 0 Å². The average Bonchev–Trinajstić information content (AvgIpc) is 2.90. The van der Waals surface area contributed by atoms with Gasteiger partial charge in [0.15, 0.2) is 4.90 Å². The molecule has 0 atom stereocenters. The summed E-state index contributed by atoms with van der Waals surface area (Å²) in [4.78, 5) is 12.9. The van der Waals surface area contributed by atoms with Gasteiger partial charge in [0.05, 0.1) is 11.5 Å². The number of nitrogens with one attached hydrogen (secondary N) is 1. The normalized spacial score (nSPS) is 11.8. The lowest BCUT2D eigenvalue weighted by atomic mass is 10.3. The Kier molecular flexibility index (Phi) is 3.95. The summed E-state index contributed by atoms with van der Waals surface area (Å²) in [5.41, 5.74) is -1.08. The number of aromatic amines is 1. The lowest BCUT2D eigenvalue weighted by Gasteiger charge is -2.15. The molecule has 1 heterocycles. The van der Waals surface area contributed by atoms with Crippen LogP contribution in [-0.4, -0.2) is 39.9 Å². The molecular formula is C10H10FN5O4S. The van der Waals surface area contributed by atoms with Crippen LogP contribution in [0.1, 0.15) is 5.82 Å². The summed E-state index contributed by atoms with van der Waals surface area (Å²) in [7, 11) is -3.05. The van der Waals surface area contributed by atoms with Gasteiger partial charge in [-0.05, 0) is 12.1 Å². The molecule has 1 aromatic carbocycles. The fraction of sp³-hybridized carbons (Fsp3) is 0.200. The van der Waals surface area contributed by atoms with Crippen LogP contribution in [-0.2, 0) is 16.6 Å². The molecule has 11 heteroatoms. The molecule has 0 aliphatic rings. The summed E-state index contributed by atoms with van der Waals surface area (Å²) < 4.78 is 39.0. The first kappa shape index (κ1) is 15.0. The van der Waals surface area contributed by atoms with Crippen molar-refractivity contribution < 1.29 is 17.7 Å². The summed E-state index contributed by atoms with van der Waals surface area (Å²) in [6.45, 7) is -0.185. The van der Waals surface area contributed by atoms with Crippen molar-refractivity contribution in [3.63, 3.8) is 0 Å². The van der Waals surface area contributed by atoms with Crippen LogP contribution in [0.4, 0.5) is 10.1 Å². The highest BCUT2D eigenvalue weighted by Crippen LogP contribution is 2.28. The third-order valence-corrected chi connectivity index (χ3v) is 4.49. The van der Waals surface area contributed by atoms with Crippen molar-refractivity contribution in [1.82, 2.24) is 19.5 Å². The van der Waals surface area contributed by atoms with Gasteiger partial charge < -0.3 is 0 Å². The number of para-hydroxylation sites is 1. The quantitative estimate of drug-likeness (QED) is 0.639. The van der Waals surface area contributed by atoms with E-state index in [4.69, 9.17) is 0 Å². The summed E-state index contributed by atoms with van der Waals surface area (Å²) in [5, 5.41) is 16.9. The van der Waals surface area contributed by atoms with Gasteiger partial charge in [-0.3, -0.25) is 15.2 Å². The molecule has 1 N–H and O–H groups in total. The Hall–Kier alpha value is -2.40. The number of hydrogen-bond donors (Lipinski definition) is 1. The second-order valence-electron chi connectivity index (χ2n) is 4.04. The predicted octanol–water partition coefficient (Wildman–Crippen LogP) is 0.673. The number of rotatable bonds is 5. The van der Waals surface area contributed by atoms with Gasteiger partial charge in [-0.1, -0.05) is 6.07 Å². The van der Waals surface area contributed by atoms with Gasteiger partial charge >= 0.3 is 5.69 Å². The molecule has 9 nitrogen and oxygen atoms in total. The Bertz CT molecular complexity index is 762. The molecule has 112 valence electrons. The minimum absolute atomic E-state index is 0.185. The summed E-state index contributed by atoms with van der Waals surface area (Å²) in [6.07, 6.45) is 1.19. The molecule has 21 heavy (non-hydrogen) atoms. The van der Waals surface area contributed by atoms with E-state index in [9.17, 15) is 22.9 Å². The summed E-state index contributed by atoms with van der Waals surface area (Å²) in [5.74, 6) is -0.964. The smallest absolute Gasteiger partial charge is 0.262 e. The van der Waals surface area contributed by atoms with Crippen molar-refractivity contribution in [3.8, 4) is 0 Å². The van der Waals surface area contributed by atoms with E-state index in [-0.39, 0.29) is 12.4 Å². The van der Waals surface area contributed by atoms with Gasteiger partial charge in [0, 0.05) is 7.05 Å². The molecule has 0 unspecified atom stereocenters. The lowest BCUT2D eigenvalue weighted by Crippen LogP contribution is -2.27. The molecule has 0 bridgehead atoms. The van der Waals surface area contributed by atoms with Gasteiger partial charge in [0.2, 0.25) is 15.8 Å². The van der Waals surface area contributed by atoms with Gasteiger partial charge in [-0.2, -0.15) is 13.8 Å². The summed E-state index contributed by atoms with van der Waals surface area (Å²) in [6, 6.07) is 2.90. The van der Waals surface area contributed by atoms with Gasteiger partial charge in [0.1, 0.15) is 12.2 Å². The Balaban J connectivity index is 2.44. The minimum atomic E-state index is -4.25. The highest BCUT2D eigenvalue weighted by Gasteiger charge is 2.32. The Labute approximate surface area is 118 Å². The maximum absolute atomic E-state index is 13.5. The monoisotopic (exact) mass is 315 g/mol. The molecule has 0 saturated carbocycles. The fourth-order valence-corrected chi connectivity index (χ4v) is 2.95. The number of aromatic nitrogens is 3. The number of benzene rings is 1. The van der Waals surface area contributed by atoms with Crippen LogP contribution in [0, 0.1) is 15.9 Å². The van der Waals surface area contributed by atoms with Crippen LogP contribution < -0.4 is 0 Å². The molecule has 0 saturated heterocycles. The van der Waals surface area contributed by atoms with Crippen LogP contribution in [0.5, 0.6) is 0 Å². The number of H-pyrrole nitrogens is 1. The molecule has 0 radical (unpaired) electrons. The zero-order chi connectivity index (χ0) is 15.6. The van der Waals surface area contributed by atoms with Crippen molar-refractivity contribution in [2.24, 2.45) is 0 Å². The van der Waals surface area contributed by atoms with Crippen molar-refractivity contribution in [1.29, 1.82) is 0 Å². The minimum Gasteiger partial charge on any atom is -0.262 e. The molecule has 2 aromatic rings. The number of nitro groups is 1. The SMILES string of the molecule is CN(Cc1ncn[nH]1)S(=O)(=O)c1cccc(F)c1[N+](=O)[O-]. The van der Waals surface area contributed by atoms with Crippen LogP contribution in [0.15, 0.2) is 29.4 Å². The van der Waals surface area contributed by atoms with E-state index in [1.807, 2.05) is 0 Å². The standard InChI is InChI=1S/C10H10FN5O4S/c1-15(5-9-12-6-13-14-9)21(19,20)8-4-2-3-7(11)10(8)16(17)18/h2-4,6H,5H2,1H3,(H,12,13,14). The zero-order valence-corrected chi connectivity index (χ0v) is 11.5. The largest absolute Gasteiger partial charge is 0.324 e. The number of nitro benzene ring substituents is 1. The zero-order valence-electron chi connectivity index (χ0n) is 10.7. The van der Waals surface area contributed by atoms with Gasteiger partial charge in [0.25, 0.3) is 0 Å². The van der Waals surface area contributed by atoms with Crippen molar-refractivity contribution in [3.05, 3.63) is 46.3 Å². The van der Waals surface area contributed by atoms with Crippen LogP contribution in [0.25, 0.3) is 0 Å². The van der Waals surface area contributed by atoms with E-state index in [1.165, 1.54) is 13.4 Å². The molecule has 1 aromatic heterocycles.